The molecule has 0 spiro atoms. The Hall–Kier alpha value is -1.96. The second-order valence-corrected chi connectivity index (χ2v) is 4.29. The van der Waals surface area contributed by atoms with Gasteiger partial charge in [0.2, 0.25) is 0 Å². The van der Waals surface area contributed by atoms with E-state index in [4.69, 9.17) is 0 Å². The Labute approximate surface area is 165 Å². The summed E-state index contributed by atoms with van der Waals surface area (Å²) in [7, 11) is 0. The third-order valence-electron chi connectivity index (χ3n) is 1.79. The maximum absolute atomic E-state index is 4.10. The van der Waals surface area contributed by atoms with Gasteiger partial charge in [0.15, 0.2) is 0 Å². The molecule has 0 radical (unpaired) electrons. The van der Waals surface area contributed by atoms with Gasteiger partial charge in [-0.05, 0) is 24.3 Å². The molecule has 2 aromatic rings. The maximum Gasteiger partial charge on any atom is 0.0857 e. The molecular formula is C24H46N2. The van der Waals surface area contributed by atoms with Gasteiger partial charge in [-0.2, -0.15) is 10.2 Å². The lowest BCUT2D eigenvalue weighted by atomic mass is 10.3. The molecule has 0 fully saturated rings. The van der Waals surface area contributed by atoms with E-state index in [0.29, 0.717) is 0 Å². The minimum absolute atomic E-state index is 0. The van der Waals surface area contributed by atoms with Crippen molar-refractivity contribution in [3.63, 3.8) is 0 Å². The van der Waals surface area contributed by atoms with Crippen molar-refractivity contribution in [1.82, 2.24) is 0 Å². The van der Waals surface area contributed by atoms with Crippen LogP contribution in [0.2, 0.25) is 0 Å². The second-order valence-electron chi connectivity index (χ2n) is 4.29. The highest BCUT2D eigenvalue weighted by Crippen LogP contribution is 2.16. The van der Waals surface area contributed by atoms with Crippen LogP contribution in [0.3, 0.4) is 0 Å². The molecule has 0 amide bonds. The summed E-state index contributed by atoms with van der Waals surface area (Å²) in [4.78, 5) is 0. The zero-order valence-electron chi connectivity index (χ0n) is 17.1. The standard InChI is InChI=1S/C12H10N2.2C3H8.2C2H6.2CH4/c1-3-7-11(8-4-1)13-14-12-9-5-2-6-10-12;2*1-3-2;2*1-2;;/h1-10H;2*3H2,1-2H3;2*1-2H3;2*1H4. The summed E-state index contributed by atoms with van der Waals surface area (Å²) in [5, 5.41) is 8.20. The first-order chi connectivity index (χ1) is 11.8. The van der Waals surface area contributed by atoms with Gasteiger partial charge < -0.3 is 0 Å². The van der Waals surface area contributed by atoms with Crippen molar-refractivity contribution in [2.75, 3.05) is 0 Å². The van der Waals surface area contributed by atoms with E-state index in [2.05, 4.69) is 37.9 Å². The van der Waals surface area contributed by atoms with Crippen molar-refractivity contribution in [2.24, 2.45) is 10.2 Å². The molecule has 0 N–H and O–H groups in total. The van der Waals surface area contributed by atoms with Gasteiger partial charge in [-0.3, -0.25) is 0 Å². The monoisotopic (exact) mass is 362 g/mol. The Morgan fingerprint density at radius 2 is 0.692 bits per heavy atom. The van der Waals surface area contributed by atoms with Gasteiger partial charge in [-0.1, -0.05) is 119 Å². The summed E-state index contributed by atoms with van der Waals surface area (Å²) >= 11 is 0. The van der Waals surface area contributed by atoms with Crippen molar-refractivity contribution >= 4 is 11.4 Å². The van der Waals surface area contributed by atoms with E-state index in [0.717, 1.165) is 11.4 Å². The molecule has 2 nitrogen and oxygen atoms in total. The van der Waals surface area contributed by atoms with Crippen LogP contribution in [0.15, 0.2) is 70.9 Å². The van der Waals surface area contributed by atoms with E-state index < -0.39 is 0 Å². The molecule has 0 aliphatic carbocycles. The SMILES string of the molecule is C.C.CC.CC.CCC.CCC.c1ccc(N=Nc2ccccc2)cc1. The minimum Gasteiger partial charge on any atom is -0.151 e. The molecule has 26 heavy (non-hydrogen) atoms. The number of rotatable bonds is 2. The predicted octanol–water partition coefficient (Wildman–Crippen LogP) is 10.3. The maximum atomic E-state index is 4.10. The fourth-order valence-corrected chi connectivity index (χ4v) is 1.10. The van der Waals surface area contributed by atoms with Gasteiger partial charge in [-0.25, -0.2) is 0 Å². The van der Waals surface area contributed by atoms with Crippen LogP contribution in [0.1, 0.15) is 83.1 Å². The number of hydrogen-bond acceptors (Lipinski definition) is 2. The number of benzene rings is 2. The summed E-state index contributed by atoms with van der Waals surface area (Å²) in [6, 6.07) is 19.4. The molecule has 2 aromatic carbocycles. The Balaban J connectivity index is -0.000000106. The van der Waals surface area contributed by atoms with Crippen LogP contribution in [-0.2, 0) is 0 Å². The topological polar surface area (TPSA) is 24.7 Å². The zero-order valence-corrected chi connectivity index (χ0v) is 17.1. The highest BCUT2D eigenvalue weighted by molar-refractivity contribution is 5.39. The third-order valence-corrected chi connectivity index (χ3v) is 1.79. The fraction of sp³-hybridized carbons (Fsp3) is 0.500. The molecular weight excluding hydrogens is 316 g/mol. The van der Waals surface area contributed by atoms with Gasteiger partial charge in [0.1, 0.15) is 0 Å². The third kappa shape index (κ3) is 26.9. The summed E-state index contributed by atoms with van der Waals surface area (Å²) in [6.07, 6.45) is 2.50. The lowest BCUT2D eigenvalue weighted by Gasteiger charge is -1.91. The molecule has 2 rings (SSSR count). The normalized spacial score (nSPS) is 7.54. The van der Waals surface area contributed by atoms with Crippen LogP contribution < -0.4 is 0 Å². The average molecular weight is 363 g/mol. The van der Waals surface area contributed by atoms with Crippen LogP contribution >= 0.6 is 0 Å². The molecule has 0 atom stereocenters. The van der Waals surface area contributed by atoms with Crippen molar-refractivity contribution in [3.05, 3.63) is 60.7 Å². The minimum atomic E-state index is 0. The van der Waals surface area contributed by atoms with Gasteiger partial charge in [0.05, 0.1) is 11.4 Å². The van der Waals surface area contributed by atoms with Crippen LogP contribution in [0.4, 0.5) is 11.4 Å². The zero-order chi connectivity index (χ0) is 19.1. The van der Waals surface area contributed by atoms with E-state index >= 15 is 0 Å². The Kier molecular flexibility index (Phi) is 46.6. The van der Waals surface area contributed by atoms with E-state index in [1.165, 1.54) is 12.8 Å². The van der Waals surface area contributed by atoms with E-state index in [-0.39, 0.29) is 14.9 Å². The molecule has 0 saturated heterocycles. The van der Waals surface area contributed by atoms with Crippen molar-refractivity contribution in [1.29, 1.82) is 0 Å². The Morgan fingerprint density at radius 3 is 0.885 bits per heavy atom. The van der Waals surface area contributed by atoms with Crippen LogP contribution in [-0.4, -0.2) is 0 Å². The second kappa shape index (κ2) is 34.4. The lowest BCUT2D eigenvalue weighted by molar-refractivity contribution is 1.09. The molecule has 0 aliphatic heterocycles. The summed E-state index contributed by atoms with van der Waals surface area (Å²) in [5.74, 6) is 0. The van der Waals surface area contributed by atoms with Crippen LogP contribution in [0.25, 0.3) is 0 Å². The van der Waals surface area contributed by atoms with Gasteiger partial charge in [-0.15, -0.1) is 0 Å². The van der Waals surface area contributed by atoms with Crippen molar-refractivity contribution < 1.29 is 0 Å². The molecule has 0 unspecified atom stereocenters. The van der Waals surface area contributed by atoms with Crippen LogP contribution in [0.5, 0.6) is 0 Å². The molecule has 0 aromatic heterocycles. The Morgan fingerprint density at radius 1 is 0.500 bits per heavy atom. The summed E-state index contributed by atoms with van der Waals surface area (Å²) in [6.45, 7) is 16.5. The van der Waals surface area contributed by atoms with E-state index in [1.54, 1.807) is 0 Å². The molecule has 2 heteroatoms. The first-order valence-corrected chi connectivity index (χ1v) is 9.30. The quantitative estimate of drug-likeness (QED) is 0.474. The first kappa shape index (κ1) is 35.2. The number of nitrogens with zero attached hydrogens (tertiary/aromatic N) is 2. The summed E-state index contributed by atoms with van der Waals surface area (Å²) < 4.78 is 0. The highest BCUT2D eigenvalue weighted by atomic mass is 15.1. The first-order valence-electron chi connectivity index (χ1n) is 9.30. The fourth-order valence-electron chi connectivity index (χ4n) is 1.10. The van der Waals surface area contributed by atoms with Gasteiger partial charge in [0.25, 0.3) is 0 Å². The lowest BCUT2D eigenvalue weighted by Crippen LogP contribution is -1.62. The average Bonchev–Trinajstić information content (AvgIpc) is 2.66. The smallest absolute Gasteiger partial charge is 0.0857 e. The van der Waals surface area contributed by atoms with E-state index in [1.807, 2.05) is 88.4 Å². The Bertz CT molecular complexity index is 393. The van der Waals surface area contributed by atoms with Crippen molar-refractivity contribution in [2.45, 2.75) is 83.1 Å². The summed E-state index contributed by atoms with van der Waals surface area (Å²) in [5.41, 5.74) is 1.74. The predicted molar refractivity (Wildman–Crippen MR) is 125 cm³/mol. The van der Waals surface area contributed by atoms with Crippen molar-refractivity contribution in [3.8, 4) is 0 Å². The number of hydrogen-bond donors (Lipinski definition) is 0. The van der Waals surface area contributed by atoms with E-state index in [9.17, 15) is 0 Å². The highest BCUT2D eigenvalue weighted by Gasteiger charge is 1.86. The molecule has 0 bridgehead atoms. The molecule has 0 saturated carbocycles. The van der Waals surface area contributed by atoms with Gasteiger partial charge in [0, 0.05) is 0 Å². The number of azo groups is 1. The molecule has 152 valence electrons. The van der Waals surface area contributed by atoms with Gasteiger partial charge >= 0.3 is 0 Å². The molecule has 0 heterocycles. The largest absolute Gasteiger partial charge is 0.151 e. The van der Waals surface area contributed by atoms with Crippen LogP contribution in [0, 0.1) is 0 Å². The molecule has 0 aliphatic rings.